The van der Waals surface area contributed by atoms with Crippen LogP contribution in [0.3, 0.4) is 0 Å². The van der Waals surface area contributed by atoms with Crippen molar-refractivity contribution >= 4 is 11.8 Å². The molecule has 0 bridgehead atoms. The van der Waals surface area contributed by atoms with E-state index >= 15 is 0 Å². The Morgan fingerprint density at radius 2 is 1.89 bits per heavy atom. The Morgan fingerprint density at radius 1 is 1.22 bits per heavy atom. The maximum atomic E-state index is 11.5. The lowest BCUT2D eigenvalue weighted by atomic mass is 10.1. The van der Waals surface area contributed by atoms with E-state index in [9.17, 15) is 9.59 Å². The van der Waals surface area contributed by atoms with Gasteiger partial charge in [0, 0.05) is 20.3 Å². The molecule has 0 rings (SSSR count). The number of nitrogens with two attached hydrogens (primary N) is 1. The van der Waals surface area contributed by atoms with E-state index in [4.69, 9.17) is 10.5 Å². The second-order valence-electron chi connectivity index (χ2n) is 4.54. The molecule has 0 fully saturated rings. The molecule has 0 unspecified atom stereocenters. The predicted molar refractivity (Wildman–Crippen MR) is 69.9 cm³/mol. The van der Waals surface area contributed by atoms with Gasteiger partial charge in [0.2, 0.25) is 11.8 Å². The molecule has 4 N–H and O–H groups in total. The standard InChI is InChI=1S/C12H25N3O3/c1-9(2)11(13)12(17)15-8-10(16)14-6-4-5-7-18-3/h9,11H,4-8,13H2,1-3H3,(H,14,16)(H,15,17)/t11-/m0/s1. The van der Waals surface area contributed by atoms with E-state index in [1.807, 2.05) is 13.8 Å². The van der Waals surface area contributed by atoms with Gasteiger partial charge in [-0.05, 0) is 18.8 Å². The van der Waals surface area contributed by atoms with Gasteiger partial charge in [0.1, 0.15) is 0 Å². The van der Waals surface area contributed by atoms with Crippen molar-refractivity contribution in [2.75, 3.05) is 26.8 Å². The minimum Gasteiger partial charge on any atom is -0.385 e. The average Bonchev–Trinajstić information content (AvgIpc) is 2.34. The minimum absolute atomic E-state index is 0.0243. The SMILES string of the molecule is COCCCCNC(=O)CNC(=O)[C@@H](N)C(C)C. The first-order chi connectivity index (χ1) is 8.49. The zero-order valence-corrected chi connectivity index (χ0v) is 11.5. The Labute approximate surface area is 109 Å². The smallest absolute Gasteiger partial charge is 0.239 e. The third-order valence-electron chi connectivity index (χ3n) is 2.54. The Bertz CT molecular complexity index is 257. The van der Waals surface area contributed by atoms with E-state index in [1.54, 1.807) is 7.11 Å². The van der Waals surface area contributed by atoms with Gasteiger partial charge in [-0.2, -0.15) is 0 Å². The van der Waals surface area contributed by atoms with Crippen LogP contribution in [0.5, 0.6) is 0 Å². The van der Waals surface area contributed by atoms with Gasteiger partial charge in [-0.1, -0.05) is 13.8 Å². The van der Waals surface area contributed by atoms with Gasteiger partial charge >= 0.3 is 0 Å². The van der Waals surface area contributed by atoms with Crippen LogP contribution in [0.15, 0.2) is 0 Å². The van der Waals surface area contributed by atoms with Crippen LogP contribution in [0.4, 0.5) is 0 Å². The highest BCUT2D eigenvalue weighted by atomic mass is 16.5. The van der Waals surface area contributed by atoms with Crippen LogP contribution >= 0.6 is 0 Å². The maximum Gasteiger partial charge on any atom is 0.239 e. The molecule has 0 aromatic heterocycles. The molecule has 0 radical (unpaired) electrons. The molecular weight excluding hydrogens is 234 g/mol. The summed E-state index contributed by atoms with van der Waals surface area (Å²) in [6.45, 7) is 4.98. The van der Waals surface area contributed by atoms with Gasteiger partial charge in [-0.15, -0.1) is 0 Å². The summed E-state index contributed by atoms with van der Waals surface area (Å²) in [6.07, 6.45) is 1.76. The van der Waals surface area contributed by atoms with E-state index in [0.29, 0.717) is 13.2 Å². The van der Waals surface area contributed by atoms with Crippen LogP contribution < -0.4 is 16.4 Å². The maximum absolute atomic E-state index is 11.5. The molecule has 0 saturated carbocycles. The number of unbranched alkanes of at least 4 members (excludes halogenated alkanes) is 1. The number of carbonyl (C=O) groups excluding carboxylic acids is 2. The molecule has 0 aromatic carbocycles. The fourth-order valence-electron chi connectivity index (χ4n) is 1.25. The van der Waals surface area contributed by atoms with Gasteiger partial charge in [0.25, 0.3) is 0 Å². The molecule has 6 nitrogen and oxygen atoms in total. The van der Waals surface area contributed by atoms with E-state index in [-0.39, 0.29) is 24.3 Å². The molecule has 18 heavy (non-hydrogen) atoms. The lowest BCUT2D eigenvalue weighted by molar-refractivity contribution is -0.127. The van der Waals surface area contributed by atoms with E-state index in [0.717, 1.165) is 12.8 Å². The zero-order valence-electron chi connectivity index (χ0n) is 11.5. The van der Waals surface area contributed by atoms with Crippen LogP contribution in [0.25, 0.3) is 0 Å². The Kier molecular flexibility index (Phi) is 9.22. The molecule has 0 aromatic rings. The number of nitrogens with one attached hydrogen (secondary N) is 2. The number of hydrogen-bond acceptors (Lipinski definition) is 4. The average molecular weight is 259 g/mol. The van der Waals surface area contributed by atoms with Crippen molar-refractivity contribution in [2.45, 2.75) is 32.7 Å². The van der Waals surface area contributed by atoms with Gasteiger partial charge in [-0.3, -0.25) is 9.59 Å². The quantitative estimate of drug-likeness (QED) is 0.492. The highest BCUT2D eigenvalue weighted by Crippen LogP contribution is 1.97. The monoisotopic (exact) mass is 259 g/mol. The summed E-state index contributed by atoms with van der Waals surface area (Å²) < 4.78 is 4.89. The molecule has 0 heterocycles. The van der Waals surface area contributed by atoms with Crippen LogP contribution in [0.1, 0.15) is 26.7 Å². The van der Waals surface area contributed by atoms with Crippen molar-refractivity contribution in [2.24, 2.45) is 11.7 Å². The Hall–Kier alpha value is -1.14. The third-order valence-corrected chi connectivity index (χ3v) is 2.54. The Morgan fingerprint density at radius 3 is 2.44 bits per heavy atom. The largest absolute Gasteiger partial charge is 0.385 e. The Balaban J connectivity index is 3.61. The molecule has 2 amide bonds. The van der Waals surface area contributed by atoms with Gasteiger partial charge in [0.05, 0.1) is 12.6 Å². The molecule has 1 atom stereocenters. The van der Waals surface area contributed by atoms with Crippen molar-refractivity contribution in [3.63, 3.8) is 0 Å². The molecule has 0 aliphatic heterocycles. The lowest BCUT2D eigenvalue weighted by Gasteiger charge is -2.15. The summed E-state index contributed by atoms with van der Waals surface area (Å²) in [5, 5.41) is 5.23. The number of hydrogen-bond donors (Lipinski definition) is 3. The molecule has 0 spiro atoms. The van der Waals surface area contributed by atoms with Crippen molar-refractivity contribution < 1.29 is 14.3 Å². The zero-order chi connectivity index (χ0) is 14.0. The fraction of sp³-hybridized carbons (Fsp3) is 0.833. The number of rotatable bonds is 9. The van der Waals surface area contributed by atoms with Crippen molar-refractivity contribution in [3.8, 4) is 0 Å². The number of ether oxygens (including phenoxy) is 1. The van der Waals surface area contributed by atoms with Crippen LogP contribution in [0.2, 0.25) is 0 Å². The van der Waals surface area contributed by atoms with Crippen molar-refractivity contribution in [1.29, 1.82) is 0 Å². The summed E-state index contributed by atoms with van der Waals surface area (Å²) in [5.74, 6) is -0.432. The molecule has 6 heteroatoms. The van der Waals surface area contributed by atoms with Crippen LogP contribution in [-0.2, 0) is 14.3 Å². The third kappa shape index (κ3) is 8.03. The number of amides is 2. The molecule has 0 saturated heterocycles. The van der Waals surface area contributed by atoms with Gasteiger partial charge in [0.15, 0.2) is 0 Å². The summed E-state index contributed by atoms with van der Waals surface area (Å²) in [5.41, 5.74) is 5.64. The second kappa shape index (κ2) is 9.85. The van der Waals surface area contributed by atoms with E-state index in [2.05, 4.69) is 10.6 Å². The molecule has 106 valence electrons. The number of carbonyl (C=O) groups is 2. The first kappa shape index (κ1) is 16.9. The summed E-state index contributed by atoms with van der Waals surface area (Å²) in [7, 11) is 1.64. The first-order valence-electron chi connectivity index (χ1n) is 6.28. The molecule has 0 aliphatic carbocycles. The fourth-order valence-corrected chi connectivity index (χ4v) is 1.25. The highest BCUT2D eigenvalue weighted by Gasteiger charge is 2.17. The van der Waals surface area contributed by atoms with Crippen molar-refractivity contribution in [1.82, 2.24) is 10.6 Å². The minimum atomic E-state index is -0.570. The predicted octanol–water partition coefficient (Wildman–Crippen LogP) is -0.371. The van der Waals surface area contributed by atoms with E-state index in [1.165, 1.54) is 0 Å². The highest BCUT2D eigenvalue weighted by molar-refractivity contribution is 5.87. The second-order valence-corrected chi connectivity index (χ2v) is 4.54. The summed E-state index contributed by atoms with van der Waals surface area (Å²) >= 11 is 0. The molecular formula is C12H25N3O3. The van der Waals surface area contributed by atoms with E-state index < -0.39 is 6.04 Å². The molecule has 0 aliphatic rings. The van der Waals surface area contributed by atoms with Crippen LogP contribution in [-0.4, -0.2) is 44.7 Å². The lowest BCUT2D eigenvalue weighted by Crippen LogP contribution is -2.47. The van der Waals surface area contributed by atoms with Gasteiger partial charge < -0.3 is 21.1 Å². The first-order valence-corrected chi connectivity index (χ1v) is 6.28. The summed E-state index contributed by atoms with van der Waals surface area (Å²) in [4.78, 5) is 22.8. The normalized spacial score (nSPS) is 12.3. The van der Waals surface area contributed by atoms with Crippen LogP contribution in [0, 0.1) is 5.92 Å². The van der Waals surface area contributed by atoms with Gasteiger partial charge in [-0.25, -0.2) is 0 Å². The number of methoxy groups -OCH3 is 1. The topological polar surface area (TPSA) is 93.5 Å². The summed E-state index contributed by atoms with van der Waals surface area (Å²) in [6, 6.07) is -0.570. The van der Waals surface area contributed by atoms with Crippen molar-refractivity contribution in [3.05, 3.63) is 0 Å².